The first-order valence-electron chi connectivity index (χ1n) is 8.10. The predicted molar refractivity (Wildman–Crippen MR) is 94.2 cm³/mol. The van der Waals surface area contributed by atoms with Crippen molar-refractivity contribution in [3.8, 4) is 0 Å². The monoisotopic (exact) mass is 366 g/mol. The molecular formula is C18H19ClF2N3O+. The zero-order valence-corrected chi connectivity index (χ0v) is 14.3. The average molecular weight is 367 g/mol. The molecule has 2 aromatic carbocycles. The van der Waals surface area contributed by atoms with E-state index in [0.717, 1.165) is 48.9 Å². The fraction of sp³-hybridized carbons (Fsp3) is 0.278. The Morgan fingerprint density at radius 2 is 1.80 bits per heavy atom. The van der Waals surface area contributed by atoms with Crippen LogP contribution in [0.1, 0.15) is 0 Å². The fourth-order valence-electron chi connectivity index (χ4n) is 2.92. The molecule has 0 atom stereocenters. The largest absolute Gasteiger partial charge is 0.360 e. The van der Waals surface area contributed by atoms with Gasteiger partial charge in [0.1, 0.15) is 11.6 Å². The van der Waals surface area contributed by atoms with Crippen LogP contribution >= 0.6 is 11.6 Å². The summed E-state index contributed by atoms with van der Waals surface area (Å²) in [5.74, 6) is -1.71. The second-order valence-corrected chi connectivity index (χ2v) is 6.50. The molecule has 0 unspecified atom stereocenters. The van der Waals surface area contributed by atoms with Crippen LogP contribution in [0.2, 0.25) is 5.02 Å². The maximum absolute atomic E-state index is 13.6. The first-order valence-corrected chi connectivity index (χ1v) is 8.48. The van der Waals surface area contributed by atoms with Crippen molar-refractivity contribution in [2.24, 2.45) is 0 Å². The zero-order valence-electron chi connectivity index (χ0n) is 13.6. The fourth-order valence-corrected chi connectivity index (χ4v) is 3.05. The van der Waals surface area contributed by atoms with Crippen LogP contribution in [0.5, 0.6) is 0 Å². The quantitative estimate of drug-likeness (QED) is 0.868. The van der Waals surface area contributed by atoms with Crippen LogP contribution in [0.15, 0.2) is 42.5 Å². The van der Waals surface area contributed by atoms with Crippen molar-refractivity contribution in [1.29, 1.82) is 0 Å². The number of hydrogen-bond donors (Lipinski definition) is 2. The lowest BCUT2D eigenvalue weighted by Gasteiger charge is -2.33. The molecule has 7 heteroatoms. The molecule has 3 rings (SSSR count). The molecule has 2 N–H and O–H groups in total. The Bertz CT molecular complexity index is 746. The lowest BCUT2D eigenvalue weighted by molar-refractivity contribution is -0.892. The van der Waals surface area contributed by atoms with E-state index in [4.69, 9.17) is 11.6 Å². The minimum Gasteiger partial charge on any atom is -0.360 e. The minimum atomic E-state index is -0.768. The van der Waals surface area contributed by atoms with Crippen molar-refractivity contribution in [1.82, 2.24) is 0 Å². The number of benzene rings is 2. The molecule has 0 bridgehead atoms. The SMILES string of the molecule is O=C(C[NH+]1CCN(c2ccc(Cl)cc2)CC1)Nc1ccc(F)cc1F. The lowest BCUT2D eigenvalue weighted by atomic mass is 10.2. The molecule has 1 amide bonds. The van der Waals surface area contributed by atoms with Crippen molar-refractivity contribution in [3.63, 3.8) is 0 Å². The lowest BCUT2D eigenvalue weighted by Crippen LogP contribution is -3.15. The highest BCUT2D eigenvalue weighted by atomic mass is 35.5. The van der Waals surface area contributed by atoms with Gasteiger partial charge in [0.2, 0.25) is 0 Å². The zero-order chi connectivity index (χ0) is 17.8. The number of halogens is 3. The molecule has 0 aliphatic carbocycles. The van der Waals surface area contributed by atoms with Crippen LogP contribution in [0.3, 0.4) is 0 Å². The van der Waals surface area contributed by atoms with Crippen LogP contribution in [-0.4, -0.2) is 38.6 Å². The van der Waals surface area contributed by atoms with Crippen molar-refractivity contribution >= 4 is 28.9 Å². The number of carbonyl (C=O) groups is 1. The van der Waals surface area contributed by atoms with Gasteiger partial charge in [-0.15, -0.1) is 0 Å². The van der Waals surface area contributed by atoms with E-state index >= 15 is 0 Å². The number of carbonyl (C=O) groups excluding carboxylic acids is 1. The molecule has 1 heterocycles. The maximum Gasteiger partial charge on any atom is 0.279 e. The summed E-state index contributed by atoms with van der Waals surface area (Å²) < 4.78 is 26.5. The summed E-state index contributed by atoms with van der Waals surface area (Å²) in [5, 5.41) is 3.21. The van der Waals surface area contributed by atoms with Gasteiger partial charge in [-0.2, -0.15) is 0 Å². The Morgan fingerprint density at radius 3 is 2.44 bits per heavy atom. The van der Waals surface area contributed by atoms with E-state index in [-0.39, 0.29) is 18.1 Å². The van der Waals surface area contributed by atoms with E-state index in [0.29, 0.717) is 5.02 Å². The van der Waals surface area contributed by atoms with E-state index in [1.807, 2.05) is 24.3 Å². The van der Waals surface area contributed by atoms with Crippen LogP contribution in [-0.2, 0) is 4.79 Å². The van der Waals surface area contributed by atoms with E-state index in [2.05, 4.69) is 10.2 Å². The molecule has 2 aromatic rings. The number of nitrogens with zero attached hydrogens (tertiary/aromatic N) is 1. The second-order valence-electron chi connectivity index (χ2n) is 6.06. The molecule has 0 saturated carbocycles. The van der Waals surface area contributed by atoms with Gasteiger partial charge in [0.05, 0.1) is 31.9 Å². The number of anilines is 2. The number of piperazine rings is 1. The Morgan fingerprint density at radius 1 is 1.12 bits per heavy atom. The smallest absolute Gasteiger partial charge is 0.279 e. The maximum atomic E-state index is 13.6. The second kappa shape index (κ2) is 7.80. The normalized spacial score (nSPS) is 15.2. The third-order valence-electron chi connectivity index (χ3n) is 4.28. The summed E-state index contributed by atoms with van der Waals surface area (Å²) in [7, 11) is 0. The summed E-state index contributed by atoms with van der Waals surface area (Å²) in [6, 6.07) is 10.8. The standard InChI is InChI=1S/C18H18ClF2N3O/c19-13-1-4-15(5-2-13)24-9-7-23(8-10-24)12-18(25)22-17-6-3-14(20)11-16(17)21/h1-6,11H,7-10,12H2,(H,22,25)/p+1. The van der Waals surface area contributed by atoms with Gasteiger partial charge in [-0.25, -0.2) is 8.78 Å². The summed E-state index contributed by atoms with van der Waals surface area (Å²) in [4.78, 5) is 15.5. The Labute approximate surface area is 150 Å². The molecule has 0 aromatic heterocycles. The highest BCUT2D eigenvalue weighted by molar-refractivity contribution is 6.30. The minimum absolute atomic E-state index is 0.00519. The van der Waals surface area contributed by atoms with Gasteiger partial charge in [-0.1, -0.05) is 11.6 Å². The van der Waals surface area contributed by atoms with E-state index in [9.17, 15) is 13.6 Å². The van der Waals surface area contributed by atoms with Crippen LogP contribution in [0.25, 0.3) is 0 Å². The third-order valence-corrected chi connectivity index (χ3v) is 4.53. The highest BCUT2D eigenvalue weighted by Crippen LogP contribution is 2.18. The van der Waals surface area contributed by atoms with E-state index < -0.39 is 11.6 Å². The van der Waals surface area contributed by atoms with E-state index in [1.165, 1.54) is 6.07 Å². The molecule has 4 nitrogen and oxygen atoms in total. The number of nitrogens with one attached hydrogen (secondary N) is 2. The van der Waals surface area contributed by atoms with Crippen molar-refractivity contribution in [2.75, 3.05) is 42.9 Å². The van der Waals surface area contributed by atoms with Crippen LogP contribution in [0, 0.1) is 11.6 Å². The topological polar surface area (TPSA) is 36.8 Å². The van der Waals surface area contributed by atoms with Crippen molar-refractivity contribution in [3.05, 3.63) is 59.1 Å². The molecule has 1 aliphatic rings. The summed E-state index contributed by atoms with van der Waals surface area (Å²) in [6.07, 6.45) is 0. The average Bonchev–Trinajstić information content (AvgIpc) is 2.59. The van der Waals surface area contributed by atoms with E-state index in [1.54, 1.807) is 0 Å². The van der Waals surface area contributed by atoms with Gasteiger partial charge in [-0.3, -0.25) is 4.79 Å². The van der Waals surface area contributed by atoms with Gasteiger partial charge >= 0.3 is 0 Å². The molecular weight excluding hydrogens is 348 g/mol. The van der Waals surface area contributed by atoms with Gasteiger partial charge < -0.3 is 15.1 Å². The summed E-state index contributed by atoms with van der Waals surface area (Å²) in [6.45, 7) is 3.53. The summed E-state index contributed by atoms with van der Waals surface area (Å²) >= 11 is 5.90. The molecule has 132 valence electrons. The number of hydrogen-bond acceptors (Lipinski definition) is 2. The highest BCUT2D eigenvalue weighted by Gasteiger charge is 2.22. The molecule has 1 saturated heterocycles. The van der Waals surface area contributed by atoms with Crippen molar-refractivity contribution < 1.29 is 18.5 Å². The predicted octanol–water partition coefficient (Wildman–Crippen LogP) is 1.96. The van der Waals surface area contributed by atoms with Crippen LogP contribution < -0.4 is 15.1 Å². The third kappa shape index (κ3) is 4.67. The summed E-state index contributed by atoms with van der Waals surface area (Å²) in [5.41, 5.74) is 1.12. The Balaban J connectivity index is 1.50. The number of rotatable bonds is 4. The molecule has 0 spiro atoms. The van der Waals surface area contributed by atoms with Crippen molar-refractivity contribution in [2.45, 2.75) is 0 Å². The van der Waals surface area contributed by atoms with Gasteiger partial charge in [0, 0.05) is 16.8 Å². The molecule has 25 heavy (non-hydrogen) atoms. The molecule has 1 fully saturated rings. The first kappa shape index (κ1) is 17.6. The van der Waals surface area contributed by atoms with Crippen LogP contribution in [0.4, 0.5) is 20.2 Å². The number of quaternary nitrogens is 1. The number of amides is 1. The first-order chi connectivity index (χ1) is 12.0. The molecule has 0 radical (unpaired) electrons. The Kier molecular flexibility index (Phi) is 5.50. The molecule has 1 aliphatic heterocycles. The van der Waals surface area contributed by atoms with Gasteiger partial charge in [-0.05, 0) is 36.4 Å². The van der Waals surface area contributed by atoms with Gasteiger partial charge in [0.25, 0.3) is 5.91 Å². The van der Waals surface area contributed by atoms with Gasteiger partial charge in [0.15, 0.2) is 6.54 Å². The Hall–Kier alpha value is -2.18.